The first kappa shape index (κ1) is 23.9. The van der Waals surface area contributed by atoms with Crippen molar-refractivity contribution in [1.82, 2.24) is 14.3 Å². The van der Waals surface area contributed by atoms with Crippen molar-refractivity contribution in [2.45, 2.75) is 45.1 Å². The first-order valence-electron chi connectivity index (χ1n) is 11.2. The number of nitrogens with one attached hydrogen (secondary N) is 1. The maximum Gasteiger partial charge on any atom is 0.267 e. The van der Waals surface area contributed by atoms with Gasteiger partial charge in [-0.15, -0.1) is 0 Å². The van der Waals surface area contributed by atoms with E-state index in [1.807, 2.05) is 13.0 Å². The molecule has 10 heteroatoms. The van der Waals surface area contributed by atoms with Gasteiger partial charge in [0.05, 0.1) is 30.3 Å². The van der Waals surface area contributed by atoms with Crippen LogP contribution in [0, 0.1) is 6.92 Å². The number of aromatic nitrogens is 2. The molecule has 0 unspecified atom stereocenters. The number of hydrogen-bond acceptors (Lipinski definition) is 8. The number of amides is 1. The molecule has 0 radical (unpaired) electrons. The van der Waals surface area contributed by atoms with E-state index in [9.17, 15) is 9.59 Å². The number of aliphatic hydroxyl groups is 1. The summed E-state index contributed by atoms with van der Waals surface area (Å²) in [6.45, 7) is 2.83. The smallest absolute Gasteiger partial charge is 0.267 e. The Morgan fingerprint density at radius 2 is 2.09 bits per heavy atom. The molecule has 3 heterocycles. The van der Waals surface area contributed by atoms with Crippen molar-refractivity contribution in [3.63, 3.8) is 0 Å². The molecule has 1 saturated carbocycles. The van der Waals surface area contributed by atoms with Crippen molar-refractivity contribution in [2.24, 2.45) is 0 Å². The highest BCUT2D eigenvalue weighted by Crippen LogP contribution is 2.37. The monoisotopic (exact) mass is 488 g/mol. The van der Waals surface area contributed by atoms with Crippen LogP contribution in [0.2, 0.25) is 0 Å². The second-order valence-corrected chi connectivity index (χ2v) is 9.85. The highest BCUT2D eigenvalue weighted by molar-refractivity contribution is 8.26. The van der Waals surface area contributed by atoms with E-state index in [1.54, 1.807) is 23.2 Å². The van der Waals surface area contributed by atoms with E-state index in [0.29, 0.717) is 39.4 Å². The summed E-state index contributed by atoms with van der Waals surface area (Å²) in [5.74, 6) is 0.257. The van der Waals surface area contributed by atoms with Crippen LogP contribution < -0.4 is 10.9 Å². The van der Waals surface area contributed by atoms with Crippen LogP contribution in [0.15, 0.2) is 28.0 Å². The zero-order valence-electron chi connectivity index (χ0n) is 18.6. The fourth-order valence-corrected chi connectivity index (χ4v) is 5.63. The number of aryl methyl sites for hydroxylation is 1. The van der Waals surface area contributed by atoms with E-state index in [-0.39, 0.29) is 30.7 Å². The first-order valence-corrected chi connectivity index (χ1v) is 12.4. The molecule has 2 aromatic rings. The predicted molar refractivity (Wildman–Crippen MR) is 134 cm³/mol. The van der Waals surface area contributed by atoms with Gasteiger partial charge in [-0.2, -0.15) is 0 Å². The minimum Gasteiger partial charge on any atom is -0.394 e. The van der Waals surface area contributed by atoms with Crippen LogP contribution in [-0.2, 0) is 9.53 Å². The molecule has 33 heavy (non-hydrogen) atoms. The Balaban J connectivity index is 1.69. The minimum atomic E-state index is -0.259. The predicted octanol–water partition coefficient (Wildman–Crippen LogP) is 2.96. The maximum atomic E-state index is 13.4. The largest absolute Gasteiger partial charge is 0.394 e. The third kappa shape index (κ3) is 5.13. The topological polar surface area (TPSA) is 96.2 Å². The summed E-state index contributed by atoms with van der Waals surface area (Å²) in [5, 5.41) is 12.0. The molecule has 2 aliphatic rings. The Bertz CT molecular complexity index is 1140. The fourth-order valence-electron chi connectivity index (χ4n) is 4.25. The van der Waals surface area contributed by atoms with Gasteiger partial charge in [-0.05, 0) is 37.5 Å². The molecule has 2 N–H and O–H groups in total. The lowest BCUT2D eigenvalue weighted by Gasteiger charge is -2.29. The molecule has 0 aromatic carbocycles. The summed E-state index contributed by atoms with van der Waals surface area (Å²) in [5.41, 5.74) is 1.47. The highest BCUT2D eigenvalue weighted by atomic mass is 32.2. The van der Waals surface area contributed by atoms with Gasteiger partial charge in [-0.1, -0.05) is 49.3 Å². The molecule has 1 saturated heterocycles. The number of rotatable bonds is 8. The maximum absolute atomic E-state index is 13.4. The summed E-state index contributed by atoms with van der Waals surface area (Å²) >= 11 is 6.78. The van der Waals surface area contributed by atoms with E-state index in [1.165, 1.54) is 22.6 Å². The number of anilines is 1. The number of thiocarbonyl (C=S) groups is 1. The summed E-state index contributed by atoms with van der Waals surface area (Å²) in [6, 6.07) is 3.83. The van der Waals surface area contributed by atoms with Gasteiger partial charge in [-0.25, -0.2) is 4.98 Å². The van der Waals surface area contributed by atoms with Gasteiger partial charge in [-0.3, -0.25) is 18.9 Å². The molecule has 2 fully saturated rings. The van der Waals surface area contributed by atoms with Gasteiger partial charge in [0.2, 0.25) is 0 Å². The average Bonchev–Trinajstić information content (AvgIpc) is 3.10. The average molecular weight is 489 g/mol. The van der Waals surface area contributed by atoms with Crippen molar-refractivity contribution < 1.29 is 14.6 Å². The third-order valence-corrected chi connectivity index (χ3v) is 7.23. The molecule has 0 spiro atoms. The molecule has 8 nitrogen and oxygen atoms in total. The van der Waals surface area contributed by atoms with Crippen molar-refractivity contribution in [3.8, 4) is 0 Å². The molecule has 0 atom stereocenters. The van der Waals surface area contributed by atoms with E-state index in [2.05, 4.69) is 10.3 Å². The second-order valence-electron chi connectivity index (χ2n) is 8.17. The van der Waals surface area contributed by atoms with E-state index >= 15 is 0 Å². The molecule has 0 bridgehead atoms. The van der Waals surface area contributed by atoms with E-state index < -0.39 is 0 Å². The summed E-state index contributed by atoms with van der Waals surface area (Å²) in [4.78, 5) is 33.5. The number of hydrogen-bond donors (Lipinski definition) is 2. The Morgan fingerprint density at radius 3 is 2.85 bits per heavy atom. The molecule has 1 amide bonds. The SMILES string of the molecule is Cc1cccn2c(=O)c(/C=C3\SC(=S)N(C4CCCCC4)C3=O)c(NCCOCCO)nc12. The molecule has 4 rings (SSSR count). The van der Waals surface area contributed by atoms with Crippen molar-refractivity contribution in [3.05, 3.63) is 44.7 Å². The van der Waals surface area contributed by atoms with Crippen LogP contribution in [0.4, 0.5) is 5.82 Å². The highest BCUT2D eigenvalue weighted by Gasteiger charge is 2.37. The number of carbonyl (C=O) groups is 1. The van der Waals surface area contributed by atoms with Crippen LogP contribution in [0.1, 0.15) is 43.2 Å². The molecule has 2 aromatic heterocycles. The van der Waals surface area contributed by atoms with Gasteiger partial charge in [0.25, 0.3) is 11.5 Å². The van der Waals surface area contributed by atoms with E-state index in [0.717, 1.165) is 31.2 Å². The Morgan fingerprint density at radius 1 is 1.30 bits per heavy atom. The number of carbonyl (C=O) groups excluding carboxylic acids is 1. The summed E-state index contributed by atoms with van der Waals surface area (Å²) in [6.07, 6.45) is 8.60. The summed E-state index contributed by atoms with van der Waals surface area (Å²) in [7, 11) is 0. The normalized spacial score (nSPS) is 18.6. The first-order chi connectivity index (χ1) is 16.0. The molecule has 176 valence electrons. The summed E-state index contributed by atoms with van der Waals surface area (Å²) < 4.78 is 7.36. The van der Waals surface area contributed by atoms with Crippen LogP contribution >= 0.6 is 24.0 Å². The molecular weight excluding hydrogens is 460 g/mol. The number of fused-ring (bicyclic) bond motifs is 1. The van der Waals surface area contributed by atoms with Gasteiger partial charge in [0, 0.05) is 18.8 Å². The zero-order chi connectivity index (χ0) is 23.4. The second kappa shape index (κ2) is 10.8. The lowest BCUT2D eigenvalue weighted by atomic mass is 9.94. The lowest BCUT2D eigenvalue weighted by molar-refractivity contribution is -0.124. The van der Waals surface area contributed by atoms with Gasteiger partial charge < -0.3 is 15.2 Å². The Kier molecular flexibility index (Phi) is 7.79. The standard InChI is InChI=1S/C23H28N4O4S2/c1-15-6-5-10-26-20(15)25-19(24-9-12-31-13-11-28)17(21(26)29)14-18-22(30)27(23(32)33-18)16-7-3-2-4-8-16/h5-6,10,14,16,24,28H,2-4,7-9,11-13H2,1H3/b18-14-. The van der Waals surface area contributed by atoms with Crippen molar-refractivity contribution >= 4 is 51.7 Å². The van der Waals surface area contributed by atoms with Crippen molar-refractivity contribution in [2.75, 3.05) is 31.7 Å². The lowest BCUT2D eigenvalue weighted by Crippen LogP contribution is -2.39. The van der Waals surface area contributed by atoms with Crippen LogP contribution in [-0.4, -0.2) is 62.0 Å². The number of thioether (sulfide) groups is 1. The molecule has 1 aliphatic carbocycles. The van der Waals surface area contributed by atoms with Crippen LogP contribution in [0.3, 0.4) is 0 Å². The third-order valence-electron chi connectivity index (χ3n) is 5.90. The van der Waals surface area contributed by atoms with Gasteiger partial charge >= 0.3 is 0 Å². The molecular formula is C23H28N4O4S2. The molecule has 1 aliphatic heterocycles. The minimum absolute atomic E-state index is 0.0527. The Hall–Kier alpha value is -2.27. The number of pyridine rings is 1. The van der Waals surface area contributed by atoms with Crippen LogP contribution in [0.5, 0.6) is 0 Å². The Labute approximate surface area is 202 Å². The quantitative estimate of drug-likeness (QED) is 0.333. The van der Waals surface area contributed by atoms with Gasteiger partial charge in [0.15, 0.2) is 0 Å². The zero-order valence-corrected chi connectivity index (χ0v) is 20.2. The number of ether oxygens (including phenoxy) is 1. The number of aliphatic hydroxyl groups excluding tert-OH is 1. The van der Waals surface area contributed by atoms with Gasteiger partial charge in [0.1, 0.15) is 15.8 Å². The van der Waals surface area contributed by atoms with E-state index in [4.69, 9.17) is 22.1 Å². The number of nitrogens with zero attached hydrogens (tertiary/aromatic N) is 3. The van der Waals surface area contributed by atoms with Crippen LogP contribution in [0.25, 0.3) is 11.7 Å². The van der Waals surface area contributed by atoms with Crippen molar-refractivity contribution in [1.29, 1.82) is 0 Å². The fraction of sp³-hybridized carbons (Fsp3) is 0.478.